The Morgan fingerprint density at radius 1 is 1.32 bits per heavy atom. The molecule has 108 valence electrons. The standard InChI is InChI=1S/C16H28N2O/c1-13(2)15-11-14(7-8-16(15)19-5)12-18(4)10-6-9-17-3/h7-8,11,13,17H,6,9-10,12H2,1-5H3. The molecule has 0 saturated heterocycles. The van der Waals surface area contributed by atoms with E-state index >= 15 is 0 Å². The van der Waals surface area contributed by atoms with E-state index in [1.54, 1.807) is 7.11 Å². The SMILES string of the molecule is CNCCCN(C)Cc1ccc(OC)c(C(C)C)c1. The van der Waals surface area contributed by atoms with Gasteiger partial charge < -0.3 is 15.0 Å². The minimum absolute atomic E-state index is 0.490. The number of methoxy groups -OCH3 is 1. The zero-order valence-electron chi connectivity index (χ0n) is 13.0. The van der Waals surface area contributed by atoms with Gasteiger partial charge in [0.15, 0.2) is 0 Å². The molecule has 0 saturated carbocycles. The van der Waals surface area contributed by atoms with Gasteiger partial charge in [-0.05, 0) is 56.7 Å². The van der Waals surface area contributed by atoms with Crippen molar-refractivity contribution in [3.8, 4) is 5.75 Å². The van der Waals surface area contributed by atoms with Gasteiger partial charge in [-0.2, -0.15) is 0 Å². The Bertz CT molecular complexity index is 377. The van der Waals surface area contributed by atoms with E-state index in [1.807, 2.05) is 7.05 Å². The van der Waals surface area contributed by atoms with E-state index in [0.717, 1.165) is 25.4 Å². The average molecular weight is 264 g/mol. The van der Waals surface area contributed by atoms with E-state index in [-0.39, 0.29) is 0 Å². The van der Waals surface area contributed by atoms with E-state index in [9.17, 15) is 0 Å². The van der Waals surface area contributed by atoms with Gasteiger partial charge in [0.25, 0.3) is 0 Å². The van der Waals surface area contributed by atoms with Crippen molar-refractivity contribution in [2.45, 2.75) is 32.7 Å². The lowest BCUT2D eigenvalue weighted by molar-refractivity contribution is 0.320. The second-order valence-corrected chi connectivity index (χ2v) is 5.43. The molecular formula is C16H28N2O. The van der Waals surface area contributed by atoms with Crippen molar-refractivity contribution in [3.05, 3.63) is 29.3 Å². The fourth-order valence-corrected chi connectivity index (χ4v) is 2.25. The lowest BCUT2D eigenvalue weighted by Crippen LogP contribution is -2.22. The molecule has 1 rings (SSSR count). The van der Waals surface area contributed by atoms with Gasteiger partial charge >= 0.3 is 0 Å². The first kappa shape index (κ1) is 16.0. The van der Waals surface area contributed by atoms with E-state index < -0.39 is 0 Å². The summed E-state index contributed by atoms with van der Waals surface area (Å²) in [6.07, 6.45) is 1.18. The van der Waals surface area contributed by atoms with Crippen LogP contribution in [-0.2, 0) is 6.54 Å². The molecule has 0 radical (unpaired) electrons. The fourth-order valence-electron chi connectivity index (χ4n) is 2.25. The maximum Gasteiger partial charge on any atom is 0.122 e. The van der Waals surface area contributed by atoms with Gasteiger partial charge in [-0.1, -0.05) is 26.0 Å². The van der Waals surface area contributed by atoms with Crippen molar-refractivity contribution < 1.29 is 4.74 Å². The van der Waals surface area contributed by atoms with Crippen molar-refractivity contribution in [2.75, 3.05) is 34.3 Å². The predicted octanol–water partition coefficient (Wildman–Crippen LogP) is 2.86. The van der Waals surface area contributed by atoms with Gasteiger partial charge in [0.05, 0.1) is 7.11 Å². The Morgan fingerprint density at radius 3 is 2.63 bits per heavy atom. The van der Waals surface area contributed by atoms with Crippen molar-refractivity contribution >= 4 is 0 Å². The molecule has 1 aromatic rings. The van der Waals surface area contributed by atoms with E-state index in [0.29, 0.717) is 5.92 Å². The summed E-state index contributed by atoms with van der Waals surface area (Å²) in [5.74, 6) is 1.49. The van der Waals surface area contributed by atoms with Gasteiger partial charge in [-0.15, -0.1) is 0 Å². The van der Waals surface area contributed by atoms with Gasteiger partial charge in [0.2, 0.25) is 0 Å². The Kier molecular flexibility index (Phi) is 6.89. The zero-order valence-corrected chi connectivity index (χ0v) is 13.0. The summed E-state index contributed by atoms with van der Waals surface area (Å²) in [4.78, 5) is 2.36. The predicted molar refractivity (Wildman–Crippen MR) is 82.0 cm³/mol. The third kappa shape index (κ3) is 5.21. The van der Waals surface area contributed by atoms with Crippen molar-refractivity contribution in [2.24, 2.45) is 0 Å². The summed E-state index contributed by atoms with van der Waals surface area (Å²) < 4.78 is 5.42. The molecule has 0 atom stereocenters. The van der Waals surface area contributed by atoms with Crippen LogP contribution >= 0.6 is 0 Å². The molecule has 0 spiro atoms. The lowest BCUT2D eigenvalue weighted by Gasteiger charge is -2.19. The maximum absolute atomic E-state index is 5.42. The van der Waals surface area contributed by atoms with E-state index in [1.165, 1.54) is 17.5 Å². The molecule has 3 nitrogen and oxygen atoms in total. The van der Waals surface area contributed by atoms with Crippen LogP contribution in [0, 0.1) is 0 Å². The number of hydrogen-bond donors (Lipinski definition) is 1. The number of nitrogens with zero attached hydrogens (tertiary/aromatic N) is 1. The summed E-state index contributed by atoms with van der Waals surface area (Å²) in [5.41, 5.74) is 2.65. The Labute approximate surface area is 118 Å². The van der Waals surface area contributed by atoms with Crippen LogP contribution in [0.15, 0.2) is 18.2 Å². The van der Waals surface area contributed by atoms with Crippen LogP contribution in [0.1, 0.15) is 37.3 Å². The number of rotatable bonds is 8. The molecule has 0 aliphatic heterocycles. The minimum Gasteiger partial charge on any atom is -0.496 e. The molecule has 0 aliphatic rings. The van der Waals surface area contributed by atoms with E-state index in [2.05, 4.69) is 49.3 Å². The average Bonchev–Trinajstić information content (AvgIpc) is 2.39. The lowest BCUT2D eigenvalue weighted by atomic mass is 9.99. The van der Waals surface area contributed by atoms with Crippen molar-refractivity contribution in [1.82, 2.24) is 10.2 Å². The molecule has 0 aliphatic carbocycles. The normalized spacial score (nSPS) is 11.3. The summed E-state index contributed by atoms with van der Waals surface area (Å²) in [6, 6.07) is 6.53. The maximum atomic E-state index is 5.42. The summed E-state index contributed by atoms with van der Waals surface area (Å²) in [5, 5.41) is 3.18. The highest BCUT2D eigenvalue weighted by Crippen LogP contribution is 2.27. The molecule has 1 N–H and O–H groups in total. The number of hydrogen-bond acceptors (Lipinski definition) is 3. The van der Waals surface area contributed by atoms with Crippen molar-refractivity contribution in [1.29, 1.82) is 0 Å². The smallest absolute Gasteiger partial charge is 0.122 e. The molecule has 0 amide bonds. The molecule has 0 fully saturated rings. The van der Waals surface area contributed by atoms with Crippen LogP contribution in [-0.4, -0.2) is 39.2 Å². The number of ether oxygens (including phenoxy) is 1. The van der Waals surface area contributed by atoms with Crippen molar-refractivity contribution in [3.63, 3.8) is 0 Å². The first-order valence-electron chi connectivity index (χ1n) is 7.08. The quantitative estimate of drug-likeness (QED) is 0.731. The second kappa shape index (κ2) is 8.18. The van der Waals surface area contributed by atoms with Crippen LogP contribution in [0.4, 0.5) is 0 Å². The Hall–Kier alpha value is -1.06. The zero-order chi connectivity index (χ0) is 14.3. The highest BCUT2D eigenvalue weighted by atomic mass is 16.5. The molecule has 3 heteroatoms. The summed E-state index contributed by atoms with van der Waals surface area (Å²) in [6.45, 7) is 7.60. The van der Waals surface area contributed by atoms with E-state index in [4.69, 9.17) is 4.74 Å². The second-order valence-electron chi connectivity index (χ2n) is 5.43. The van der Waals surface area contributed by atoms with Gasteiger partial charge in [0, 0.05) is 6.54 Å². The van der Waals surface area contributed by atoms with Crippen LogP contribution in [0.3, 0.4) is 0 Å². The molecule has 19 heavy (non-hydrogen) atoms. The molecule has 0 aromatic heterocycles. The topological polar surface area (TPSA) is 24.5 Å². The van der Waals surface area contributed by atoms with Crippen LogP contribution in [0.25, 0.3) is 0 Å². The molecule has 0 heterocycles. The van der Waals surface area contributed by atoms with Gasteiger partial charge in [-0.3, -0.25) is 0 Å². The highest BCUT2D eigenvalue weighted by molar-refractivity contribution is 5.39. The minimum atomic E-state index is 0.490. The van der Waals surface area contributed by atoms with Gasteiger partial charge in [-0.25, -0.2) is 0 Å². The monoisotopic (exact) mass is 264 g/mol. The first-order chi connectivity index (χ1) is 9.08. The fraction of sp³-hybridized carbons (Fsp3) is 0.625. The number of benzene rings is 1. The third-order valence-electron chi connectivity index (χ3n) is 3.34. The number of nitrogens with one attached hydrogen (secondary N) is 1. The summed E-state index contributed by atoms with van der Waals surface area (Å²) in [7, 11) is 5.91. The molecular weight excluding hydrogens is 236 g/mol. The molecule has 0 bridgehead atoms. The molecule has 0 unspecified atom stereocenters. The highest BCUT2D eigenvalue weighted by Gasteiger charge is 2.09. The third-order valence-corrected chi connectivity index (χ3v) is 3.34. The molecule has 1 aromatic carbocycles. The largest absolute Gasteiger partial charge is 0.496 e. The van der Waals surface area contributed by atoms with Crippen LogP contribution in [0.5, 0.6) is 5.75 Å². The van der Waals surface area contributed by atoms with Crippen LogP contribution in [0.2, 0.25) is 0 Å². The summed E-state index contributed by atoms with van der Waals surface area (Å²) >= 11 is 0. The van der Waals surface area contributed by atoms with Crippen LogP contribution < -0.4 is 10.1 Å². The van der Waals surface area contributed by atoms with Gasteiger partial charge in [0.1, 0.15) is 5.75 Å². The first-order valence-corrected chi connectivity index (χ1v) is 7.08. The Balaban J connectivity index is 2.66. The Morgan fingerprint density at radius 2 is 2.05 bits per heavy atom.